The number of amides is 2. The van der Waals surface area contributed by atoms with Crippen molar-refractivity contribution in [1.82, 2.24) is 10.6 Å². The second-order valence-corrected chi connectivity index (χ2v) is 10.4. The molecule has 4 saturated carbocycles. The molecule has 0 heterocycles. The van der Waals surface area contributed by atoms with Gasteiger partial charge in [-0.2, -0.15) is 0 Å². The van der Waals surface area contributed by atoms with E-state index in [1.807, 2.05) is 42.5 Å². The van der Waals surface area contributed by atoms with E-state index in [4.69, 9.17) is 4.74 Å². The van der Waals surface area contributed by atoms with Crippen LogP contribution in [0.3, 0.4) is 0 Å². The van der Waals surface area contributed by atoms with E-state index in [-0.39, 0.29) is 30.4 Å². The van der Waals surface area contributed by atoms with E-state index in [0.29, 0.717) is 12.1 Å². The van der Waals surface area contributed by atoms with Crippen LogP contribution in [-0.2, 0) is 27.5 Å². The van der Waals surface area contributed by atoms with Crippen molar-refractivity contribution in [3.05, 3.63) is 71.3 Å². The predicted octanol–water partition coefficient (Wildman–Crippen LogP) is 3.99. The van der Waals surface area contributed by atoms with Crippen LogP contribution in [0.25, 0.3) is 0 Å². The van der Waals surface area contributed by atoms with E-state index in [2.05, 4.69) is 10.6 Å². The lowest BCUT2D eigenvalue weighted by Crippen LogP contribution is -2.53. The maximum absolute atomic E-state index is 13.1. The molecule has 4 bridgehead atoms. The summed E-state index contributed by atoms with van der Waals surface area (Å²) in [6.45, 7) is 0.460. The van der Waals surface area contributed by atoms with Crippen molar-refractivity contribution < 1.29 is 19.1 Å². The van der Waals surface area contributed by atoms with Gasteiger partial charge < -0.3 is 15.4 Å². The molecule has 4 aliphatic carbocycles. The maximum atomic E-state index is 13.1. The molecule has 0 saturated heterocycles. The highest BCUT2D eigenvalue weighted by Gasteiger charge is 2.54. The number of benzene rings is 2. The molecule has 4 fully saturated rings. The topological polar surface area (TPSA) is 84.5 Å². The molecule has 6 nitrogen and oxygen atoms in total. The standard InChI is InChI=1S/C28H32N2O4/c31-25(34-18-20-4-2-1-3-5-20)17-29-26(32)24-8-6-19(7-9-24)16-30-27(33)28-13-21-10-22(14-28)12-23(11-21)15-28/h1-9,21-23H,10-18H2,(H,29,32)(H,30,33). The van der Waals surface area contributed by atoms with Crippen molar-refractivity contribution in [3.63, 3.8) is 0 Å². The number of hydrogen-bond donors (Lipinski definition) is 2. The molecule has 34 heavy (non-hydrogen) atoms. The van der Waals surface area contributed by atoms with Gasteiger partial charge in [-0.15, -0.1) is 0 Å². The lowest BCUT2D eigenvalue weighted by Gasteiger charge is -2.55. The Kier molecular flexibility index (Phi) is 6.40. The highest BCUT2D eigenvalue weighted by atomic mass is 16.5. The van der Waals surface area contributed by atoms with Crippen LogP contribution >= 0.6 is 0 Å². The number of carbonyl (C=O) groups excluding carboxylic acids is 3. The molecule has 2 amide bonds. The highest BCUT2D eigenvalue weighted by molar-refractivity contribution is 5.95. The first kappa shape index (κ1) is 22.6. The van der Waals surface area contributed by atoms with E-state index in [9.17, 15) is 14.4 Å². The fraction of sp³-hybridized carbons (Fsp3) is 0.464. The average molecular weight is 461 g/mol. The molecule has 0 atom stereocenters. The molecule has 2 N–H and O–H groups in total. The van der Waals surface area contributed by atoms with Gasteiger partial charge in [-0.05, 0) is 79.5 Å². The molecule has 6 rings (SSSR count). The van der Waals surface area contributed by atoms with Crippen molar-refractivity contribution in [2.24, 2.45) is 23.2 Å². The second kappa shape index (κ2) is 9.61. The van der Waals surface area contributed by atoms with Crippen molar-refractivity contribution in [1.29, 1.82) is 0 Å². The Morgan fingerprint density at radius 2 is 1.41 bits per heavy atom. The molecule has 2 aromatic rings. The normalized spacial score (nSPS) is 26.6. The van der Waals surface area contributed by atoms with Crippen molar-refractivity contribution in [2.75, 3.05) is 6.54 Å². The van der Waals surface area contributed by atoms with Gasteiger partial charge in [0.1, 0.15) is 13.2 Å². The Balaban J connectivity index is 1.07. The molecule has 178 valence electrons. The zero-order chi connectivity index (χ0) is 23.5. The third-order valence-electron chi connectivity index (χ3n) is 7.83. The highest BCUT2D eigenvalue weighted by Crippen LogP contribution is 2.60. The Morgan fingerprint density at radius 3 is 2.03 bits per heavy atom. The Bertz CT molecular complexity index is 1010. The zero-order valence-electron chi connectivity index (χ0n) is 19.4. The van der Waals surface area contributed by atoms with Gasteiger partial charge in [0.15, 0.2) is 0 Å². The summed E-state index contributed by atoms with van der Waals surface area (Å²) in [6.07, 6.45) is 7.12. The quantitative estimate of drug-likeness (QED) is 0.584. The third kappa shape index (κ3) is 5.01. The Labute approximate surface area is 200 Å². The second-order valence-electron chi connectivity index (χ2n) is 10.4. The summed E-state index contributed by atoms with van der Waals surface area (Å²) in [7, 11) is 0. The van der Waals surface area contributed by atoms with Gasteiger partial charge in [-0.1, -0.05) is 42.5 Å². The first-order chi connectivity index (χ1) is 16.5. The summed E-state index contributed by atoms with van der Waals surface area (Å²) in [5.41, 5.74) is 2.17. The molecule has 0 spiro atoms. The molecule has 0 unspecified atom stereocenters. The molecule has 2 aromatic carbocycles. The molecular weight excluding hydrogens is 428 g/mol. The molecule has 0 radical (unpaired) electrons. The maximum Gasteiger partial charge on any atom is 0.325 e. The summed E-state index contributed by atoms with van der Waals surface area (Å²) >= 11 is 0. The van der Waals surface area contributed by atoms with E-state index in [1.54, 1.807) is 12.1 Å². The van der Waals surface area contributed by atoms with E-state index < -0.39 is 5.97 Å². The van der Waals surface area contributed by atoms with Crippen LogP contribution in [0.2, 0.25) is 0 Å². The van der Waals surface area contributed by atoms with Gasteiger partial charge in [-0.3, -0.25) is 14.4 Å². The lowest BCUT2D eigenvalue weighted by molar-refractivity contribution is -0.146. The number of hydrogen-bond acceptors (Lipinski definition) is 4. The van der Waals surface area contributed by atoms with E-state index >= 15 is 0 Å². The number of carbonyl (C=O) groups is 3. The van der Waals surface area contributed by atoms with Gasteiger partial charge in [-0.25, -0.2) is 0 Å². The number of ether oxygens (including phenoxy) is 1. The first-order valence-corrected chi connectivity index (χ1v) is 12.3. The lowest BCUT2D eigenvalue weighted by atomic mass is 9.49. The minimum absolute atomic E-state index is 0.149. The van der Waals surface area contributed by atoms with Crippen LogP contribution in [0.15, 0.2) is 54.6 Å². The van der Waals surface area contributed by atoms with Gasteiger partial charge in [0, 0.05) is 17.5 Å². The van der Waals surface area contributed by atoms with E-state index in [0.717, 1.165) is 48.1 Å². The molecule has 0 aliphatic heterocycles. The molecule has 0 aromatic heterocycles. The SMILES string of the molecule is O=C(CNC(=O)c1ccc(CNC(=O)C23CC4CC(CC(C4)C2)C3)cc1)OCc1ccccc1. The molecule has 4 aliphatic rings. The van der Waals surface area contributed by atoms with Crippen LogP contribution in [0, 0.1) is 23.2 Å². The van der Waals surface area contributed by atoms with E-state index in [1.165, 1.54) is 19.3 Å². The Morgan fingerprint density at radius 1 is 0.794 bits per heavy atom. The minimum Gasteiger partial charge on any atom is -0.460 e. The van der Waals surface area contributed by atoms with Gasteiger partial charge in [0.2, 0.25) is 5.91 Å². The largest absolute Gasteiger partial charge is 0.460 e. The fourth-order valence-electron chi connectivity index (χ4n) is 6.58. The van der Waals surface area contributed by atoms with Gasteiger partial charge in [0.25, 0.3) is 5.91 Å². The first-order valence-electron chi connectivity index (χ1n) is 12.3. The molecule has 6 heteroatoms. The number of esters is 1. The monoisotopic (exact) mass is 460 g/mol. The van der Waals surface area contributed by atoms with Crippen LogP contribution in [0.5, 0.6) is 0 Å². The van der Waals surface area contributed by atoms with Crippen LogP contribution < -0.4 is 10.6 Å². The minimum atomic E-state index is -0.485. The third-order valence-corrected chi connectivity index (χ3v) is 7.83. The van der Waals surface area contributed by atoms with Crippen molar-refractivity contribution >= 4 is 17.8 Å². The van der Waals surface area contributed by atoms with Crippen LogP contribution in [-0.4, -0.2) is 24.3 Å². The fourth-order valence-corrected chi connectivity index (χ4v) is 6.58. The van der Waals surface area contributed by atoms with Crippen LogP contribution in [0.1, 0.15) is 60.0 Å². The number of rotatable bonds is 8. The van der Waals surface area contributed by atoms with Crippen LogP contribution in [0.4, 0.5) is 0 Å². The summed E-state index contributed by atoms with van der Waals surface area (Å²) in [5.74, 6) is 1.62. The van der Waals surface area contributed by atoms with Crippen molar-refractivity contribution in [2.45, 2.75) is 51.7 Å². The smallest absolute Gasteiger partial charge is 0.325 e. The van der Waals surface area contributed by atoms with Crippen molar-refractivity contribution in [3.8, 4) is 0 Å². The zero-order valence-corrected chi connectivity index (χ0v) is 19.4. The summed E-state index contributed by atoms with van der Waals surface area (Å²) in [6, 6.07) is 16.5. The molecular formula is C28H32N2O4. The predicted molar refractivity (Wildman–Crippen MR) is 127 cm³/mol. The summed E-state index contributed by atoms with van der Waals surface area (Å²) in [5, 5.41) is 5.77. The summed E-state index contributed by atoms with van der Waals surface area (Å²) < 4.78 is 5.18. The Hall–Kier alpha value is -3.15. The average Bonchev–Trinajstić information content (AvgIpc) is 2.84. The van der Waals surface area contributed by atoms with Gasteiger partial charge in [0.05, 0.1) is 0 Å². The van der Waals surface area contributed by atoms with Gasteiger partial charge >= 0.3 is 5.97 Å². The summed E-state index contributed by atoms with van der Waals surface area (Å²) in [4.78, 5) is 37.4. The number of nitrogens with one attached hydrogen (secondary N) is 2.